The number of carbonyl (C=O) groups excluding carboxylic acids is 2. The molecular weight excluding hydrogens is 422 g/mol. The van der Waals surface area contributed by atoms with Crippen LogP contribution in [-0.2, 0) is 14.3 Å². The molecule has 1 aromatic heterocycles. The zero-order valence-corrected chi connectivity index (χ0v) is 18.9. The Morgan fingerprint density at radius 1 is 1.12 bits per heavy atom. The highest BCUT2D eigenvalue weighted by molar-refractivity contribution is 6.46. The Kier molecular flexibility index (Phi) is 7.05. The molecule has 4 rings (SSSR count). The van der Waals surface area contributed by atoms with Gasteiger partial charge in [0.25, 0.3) is 11.7 Å². The molecule has 0 spiro atoms. The number of benzene rings is 1. The second kappa shape index (κ2) is 10.1. The quantitative estimate of drug-likeness (QED) is 0.393. The number of Topliss-reactive ketones (excluding diaryl/α,β-unsaturated/α-hetero) is 1. The van der Waals surface area contributed by atoms with Crippen LogP contribution in [0.5, 0.6) is 5.75 Å². The van der Waals surface area contributed by atoms with Gasteiger partial charge < -0.3 is 19.5 Å². The summed E-state index contributed by atoms with van der Waals surface area (Å²) < 4.78 is 11.1. The second-order valence-corrected chi connectivity index (χ2v) is 8.39. The van der Waals surface area contributed by atoms with Gasteiger partial charge in [0, 0.05) is 37.9 Å². The van der Waals surface area contributed by atoms with Gasteiger partial charge in [0.2, 0.25) is 0 Å². The number of nitrogens with zero attached hydrogens (tertiary/aromatic N) is 3. The van der Waals surface area contributed by atoms with E-state index in [-0.39, 0.29) is 17.4 Å². The molecule has 0 radical (unpaired) electrons. The summed E-state index contributed by atoms with van der Waals surface area (Å²) in [5.74, 6) is -0.879. The third-order valence-corrected chi connectivity index (χ3v) is 5.77. The number of ketones is 1. The van der Waals surface area contributed by atoms with E-state index in [9.17, 15) is 14.7 Å². The molecule has 174 valence electrons. The number of amides is 1. The van der Waals surface area contributed by atoms with Crippen LogP contribution in [-0.4, -0.2) is 77.1 Å². The molecule has 0 bridgehead atoms. The van der Waals surface area contributed by atoms with E-state index in [4.69, 9.17) is 9.47 Å². The number of pyridine rings is 1. The van der Waals surface area contributed by atoms with Gasteiger partial charge in [-0.2, -0.15) is 0 Å². The van der Waals surface area contributed by atoms with Crippen molar-refractivity contribution in [3.8, 4) is 5.75 Å². The minimum absolute atomic E-state index is 0.0189. The number of aromatic nitrogens is 1. The van der Waals surface area contributed by atoms with Crippen LogP contribution in [0.2, 0.25) is 0 Å². The molecule has 2 fully saturated rings. The largest absolute Gasteiger partial charge is 0.507 e. The number of likely N-dealkylation sites (tertiary alicyclic amines) is 1. The Morgan fingerprint density at radius 2 is 1.85 bits per heavy atom. The third kappa shape index (κ3) is 5.07. The first-order chi connectivity index (χ1) is 16.0. The smallest absolute Gasteiger partial charge is 0.295 e. The van der Waals surface area contributed by atoms with Crippen molar-refractivity contribution in [2.75, 3.05) is 39.4 Å². The molecule has 0 aliphatic carbocycles. The maximum Gasteiger partial charge on any atom is 0.295 e. The molecule has 1 unspecified atom stereocenters. The first kappa shape index (κ1) is 22.9. The normalized spacial score (nSPS) is 21.1. The fourth-order valence-electron chi connectivity index (χ4n) is 4.15. The Labute approximate surface area is 193 Å². The van der Waals surface area contributed by atoms with Crippen molar-refractivity contribution in [3.63, 3.8) is 0 Å². The van der Waals surface area contributed by atoms with E-state index < -0.39 is 17.7 Å². The molecule has 1 N–H and O–H groups in total. The van der Waals surface area contributed by atoms with Gasteiger partial charge in [-0.05, 0) is 50.2 Å². The van der Waals surface area contributed by atoms with E-state index in [1.807, 2.05) is 19.9 Å². The van der Waals surface area contributed by atoms with Crippen LogP contribution in [0.25, 0.3) is 5.76 Å². The van der Waals surface area contributed by atoms with Crippen molar-refractivity contribution >= 4 is 17.4 Å². The van der Waals surface area contributed by atoms with Crippen LogP contribution in [0.1, 0.15) is 31.1 Å². The average molecular weight is 452 g/mol. The first-order valence-electron chi connectivity index (χ1n) is 11.2. The molecule has 2 aliphatic rings. The molecule has 33 heavy (non-hydrogen) atoms. The third-order valence-electron chi connectivity index (χ3n) is 5.77. The van der Waals surface area contributed by atoms with E-state index >= 15 is 0 Å². The lowest BCUT2D eigenvalue weighted by Gasteiger charge is -2.30. The zero-order chi connectivity index (χ0) is 23.4. The number of ether oxygens (including phenoxy) is 2. The minimum atomic E-state index is -0.751. The lowest BCUT2D eigenvalue weighted by molar-refractivity contribution is -0.140. The highest BCUT2D eigenvalue weighted by atomic mass is 16.5. The number of morpholine rings is 1. The summed E-state index contributed by atoms with van der Waals surface area (Å²) in [6, 6.07) is 11.4. The molecule has 0 saturated carbocycles. The molecule has 8 heteroatoms. The van der Waals surface area contributed by atoms with Crippen LogP contribution < -0.4 is 4.74 Å². The van der Waals surface area contributed by atoms with Gasteiger partial charge in [-0.1, -0.05) is 6.07 Å². The Balaban J connectivity index is 1.67. The fourth-order valence-corrected chi connectivity index (χ4v) is 4.15. The van der Waals surface area contributed by atoms with Crippen molar-refractivity contribution in [3.05, 3.63) is 65.5 Å². The molecule has 1 amide bonds. The van der Waals surface area contributed by atoms with Gasteiger partial charge in [-0.3, -0.25) is 19.5 Å². The van der Waals surface area contributed by atoms with Gasteiger partial charge >= 0.3 is 0 Å². The van der Waals surface area contributed by atoms with Crippen LogP contribution in [0, 0.1) is 0 Å². The number of aliphatic hydroxyl groups excluding tert-OH is 1. The van der Waals surface area contributed by atoms with Crippen LogP contribution in [0.3, 0.4) is 0 Å². The number of hydrogen-bond donors (Lipinski definition) is 1. The van der Waals surface area contributed by atoms with E-state index in [1.54, 1.807) is 42.6 Å². The minimum Gasteiger partial charge on any atom is -0.507 e. The van der Waals surface area contributed by atoms with Crippen molar-refractivity contribution in [1.82, 2.24) is 14.8 Å². The number of hydrogen-bond acceptors (Lipinski definition) is 7. The van der Waals surface area contributed by atoms with E-state index in [0.29, 0.717) is 43.3 Å². The molecular formula is C25H29N3O5. The highest BCUT2D eigenvalue weighted by Crippen LogP contribution is 2.38. The van der Waals surface area contributed by atoms with Gasteiger partial charge in [0.15, 0.2) is 0 Å². The second-order valence-electron chi connectivity index (χ2n) is 8.39. The molecule has 2 saturated heterocycles. The molecule has 2 aliphatic heterocycles. The highest BCUT2D eigenvalue weighted by Gasteiger charge is 2.46. The van der Waals surface area contributed by atoms with Crippen molar-refractivity contribution in [2.45, 2.75) is 26.0 Å². The summed E-state index contributed by atoms with van der Waals surface area (Å²) >= 11 is 0. The van der Waals surface area contributed by atoms with E-state index in [0.717, 1.165) is 13.1 Å². The van der Waals surface area contributed by atoms with Gasteiger partial charge in [0.05, 0.1) is 30.6 Å². The Hall–Kier alpha value is -3.23. The molecule has 3 heterocycles. The molecule has 2 aromatic rings. The first-order valence-corrected chi connectivity index (χ1v) is 11.2. The van der Waals surface area contributed by atoms with Crippen molar-refractivity contribution < 1.29 is 24.2 Å². The van der Waals surface area contributed by atoms with Crippen LogP contribution in [0.4, 0.5) is 0 Å². The topological polar surface area (TPSA) is 92.2 Å². The van der Waals surface area contributed by atoms with Crippen molar-refractivity contribution in [2.24, 2.45) is 0 Å². The van der Waals surface area contributed by atoms with Gasteiger partial charge in [-0.25, -0.2) is 0 Å². The monoisotopic (exact) mass is 451 g/mol. The van der Waals surface area contributed by atoms with Gasteiger partial charge in [0.1, 0.15) is 17.6 Å². The maximum atomic E-state index is 13.1. The van der Waals surface area contributed by atoms with Crippen LogP contribution >= 0.6 is 0 Å². The molecule has 8 nitrogen and oxygen atoms in total. The Morgan fingerprint density at radius 3 is 2.48 bits per heavy atom. The van der Waals surface area contributed by atoms with Crippen molar-refractivity contribution in [1.29, 1.82) is 0 Å². The number of rotatable bonds is 7. The lowest BCUT2D eigenvalue weighted by Crippen LogP contribution is -2.42. The summed E-state index contributed by atoms with van der Waals surface area (Å²) in [7, 11) is 0. The lowest BCUT2D eigenvalue weighted by atomic mass is 9.98. The summed E-state index contributed by atoms with van der Waals surface area (Å²) in [6.07, 6.45) is 1.64. The van der Waals surface area contributed by atoms with E-state index in [2.05, 4.69) is 9.88 Å². The summed E-state index contributed by atoms with van der Waals surface area (Å²) in [5, 5.41) is 11.1. The SMILES string of the molecule is CC(C)Oc1ccc(/C(O)=C2/C(=O)C(=O)N(CCN3CCOCC3)C2c2ccccn2)cc1. The summed E-state index contributed by atoms with van der Waals surface area (Å²) in [4.78, 5) is 34.2. The fraction of sp³-hybridized carbons (Fsp3) is 0.400. The summed E-state index contributed by atoms with van der Waals surface area (Å²) in [6.45, 7) is 7.69. The number of carbonyl (C=O) groups is 2. The average Bonchev–Trinajstić information content (AvgIpc) is 3.08. The number of aliphatic hydroxyl groups is 1. The Bertz CT molecular complexity index is 1010. The molecule has 1 aromatic carbocycles. The van der Waals surface area contributed by atoms with E-state index in [1.165, 1.54) is 4.90 Å². The van der Waals surface area contributed by atoms with Crippen LogP contribution in [0.15, 0.2) is 54.2 Å². The summed E-state index contributed by atoms with van der Waals surface area (Å²) in [5.41, 5.74) is 1.04. The molecule has 1 atom stereocenters. The zero-order valence-electron chi connectivity index (χ0n) is 18.9. The maximum absolute atomic E-state index is 13.1. The standard InChI is InChI=1S/C25H29N3O5/c1-17(2)33-19-8-6-18(7-9-19)23(29)21-22(20-5-3-4-10-26-20)28(25(31)24(21)30)12-11-27-13-15-32-16-14-27/h3-10,17,22,29H,11-16H2,1-2H3/b23-21-. The predicted octanol–water partition coefficient (Wildman–Crippen LogP) is 2.62. The van der Waals surface area contributed by atoms with Gasteiger partial charge in [-0.15, -0.1) is 0 Å². The predicted molar refractivity (Wildman–Crippen MR) is 123 cm³/mol.